The van der Waals surface area contributed by atoms with Crippen LogP contribution in [-0.2, 0) is 4.74 Å². The second kappa shape index (κ2) is 4.96. The van der Waals surface area contributed by atoms with E-state index >= 15 is 0 Å². The topological polar surface area (TPSA) is 73.3 Å². The molecule has 0 aromatic carbocycles. The zero-order chi connectivity index (χ0) is 8.20. The summed E-state index contributed by atoms with van der Waals surface area (Å²) in [5.41, 5.74) is -0.390. The lowest BCUT2D eigenvalue weighted by Crippen LogP contribution is -2.32. The van der Waals surface area contributed by atoms with Crippen molar-refractivity contribution in [2.45, 2.75) is 33.3 Å². The first-order chi connectivity index (χ1) is 4.45. The Morgan fingerprint density at radius 2 is 1.91 bits per heavy atom. The molecule has 0 heterocycles. The standard InChI is InChI=1S/C7H15NO2.H3N/c1-5-8-6(9)10-7(2,3)4;/h5H2,1-4H3,(H,8,9);1H3. The van der Waals surface area contributed by atoms with Crippen molar-refractivity contribution in [2.24, 2.45) is 0 Å². The third-order valence-corrected chi connectivity index (χ3v) is 0.720. The molecule has 0 saturated heterocycles. The largest absolute Gasteiger partial charge is 0.444 e. The minimum atomic E-state index is -0.390. The fourth-order valence-electron chi connectivity index (χ4n) is 0.459. The smallest absolute Gasteiger partial charge is 0.407 e. The average Bonchev–Trinajstić information content (AvgIpc) is 1.59. The Morgan fingerprint density at radius 1 is 1.45 bits per heavy atom. The van der Waals surface area contributed by atoms with Gasteiger partial charge in [-0.1, -0.05) is 0 Å². The molecule has 0 unspecified atom stereocenters. The van der Waals surface area contributed by atoms with E-state index in [0.29, 0.717) is 6.54 Å². The predicted molar refractivity (Wildman–Crippen MR) is 44.9 cm³/mol. The molecule has 0 saturated carbocycles. The van der Waals surface area contributed by atoms with Gasteiger partial charge in [0.2, 0.25) is 0 Å². The minimum Gasteiger partial charge on any atom is -0.444 e. The maximum Gasteiger partial charge on any atom is 0.407 e. The lowest BCUT2D eigenvalue weighted by Gasteiger charge is -2.19. The van der Waals surface area contributed by atoms with Crippen LogP contribution >= 0.6 is 0 Å². The Morgan fingerprint density at radius 3 is 2.18 bits per heavy atom. The molecule has 1 amide bonds. The molecule has 68 valence electrons. The van der Waals surface area contributed by atoms with Crippen LogP contribution in [0.4, 0.5) is 4.79 Å². The monoisotopic (exact) mass is 162 g/mol. The van der Waals surface area contributed by atoms with E-state index < -0.39 is 0 Å². The Balaban J connectivity index is 0. The minimum absolute atomic E-state index is 0. The van der Waals surface area contributed by atoms with Gasteiger partial charge in [0.1, 0.15) is 5.60 Å². The molecule has 0 aliphatic rings. The lowest BCUT2D eigenvalue weighted by atomic mass is 10.2. The highest BCUT2D eigenvalue weighted by molar-refractivity contribution is 5.67. The van der Waals surface area contributed by atoms with Crippen LogP contribution in [0.1, 0.15) is 27.7 Å². The SMILES string of the molecule is CCNC(=O)OC(C)(C)C.N. The molecule has 0 aromatic heterocycles. The fourth-order valence-corrected chi connectivity index (χ4v) is 0.459. The number of nitrogens with one attached hydrogen (secondary N) is 1. The number of alkyl carbamates (subject to hydrolysis) is 1. The molecular weight excluding hydrogens is 144 g/mol. The summed E-state index contributed by atoms with van der Waals surface area (Å²) in [6, 6.07) is 0. The van der Waals surface area contributed by atoms with Crippen molar-refractivity contribution in [3.05, 3.63) is 0 Å². The first-order valence-electron chi connectivity index (χ1n) is 3.42. The third-order valence-electron chi connectivity index (χ3n) is 0.720. The highest BCUT2D eigenvalue weighted by atomic mass is 16.6. The summed E-state index contributed by atoms with van der Waals surface area (Å²) in [6.45, 7) is 7.96. The molecule has 0 radical (unpaired) electrons. The Bertz CT molecular complexity index is 118. The van der Waals surface area contributed by atoms with E-state index in [1.165, 1.54) is 0 Å². The van der Waals surface area contributed by atoms with E-state index in [9.17, 15) is 4.79 Å². The molecule has 11 heavy (non-hydrogen) atoms. The number of rotatable bonds is 1. The van der Waals surface area contributed by atoms with Gasteiger partial charge in [-0.3, -0.25) is 0 Å². The van der Waals surface area contributed by atoms with Crippen molar-refractivity contribution in [3.8, 4) is 0 Å². The number of carbonyl (C=O) groups excluding carboxylic acids is 1. The van der Waals surface area contributed by atoms with Crippen LogP contribution in [0.3, 0.4) is 0 Å². The summed E-state index contributed by atoms with van der Waals surface area (Å²) in [5.74, 6) is 0. The van der Waals surface area contributed by atoms with Gasteiger partial charge in [0.05, 0.1) is 0 Å². The maximum atomic E-state index is 10.7. The predicted octanol–water partition coefficient (Wildman–Crippen LogP) is 1.69. The molecule has 0 fully saturated rings. The molecule has 0 bridgehead atoms. The van der Waals surface area contributed by atoms with Crippen molar-refractivity contribution in [1.82, 2.24) is 11.5 Å². The van der Waals surface area contributed by atoms with E-state index in [4.69, 9.17) is 4.74 Å². The van der Waals surface area contributed by atoms with Crippen LogP contribution in [0.2, 0.25) is 0 Å². The van der Waals surface area contributed by atoms with Gasteiger partial charge in [0.25, 0.3) is 0 Å². The summed E-state index contributed by atoms with van der Waals surface area (Å²) in [6.07, 6.45) is -0.352. The molecule has 4 nitrogen and oxygen atoms in total. The first kappa shape index (κ1) is 12.9. The van der Waals surface area contributed by atoms with E-state index in [0.717, 1.165) is 0 Å². The summed E-state index contributed by atoms with van der Waals surface area (Å²) in [4.78, 5) is 10.7. The molecule has 0 aliphatic heterocycles. The van der Waals surface area contributed by atoms with Gasteiger partial charge in [-0.05, 0) is 27.7 Å². The average molecular weight is 162 g/mol. The first-order valence-corrected chi connectivity index (χ1v) is 3.42. The van der Waals surface area contributed by atoms with Crippen LogP contribution in [-0.4, -0.2) is 18.2 Å². The van der Waals surface area contributed by atoms with Gasteiger partial charge in [0.15, 0.2) is 0 Å². The second-order valence-corrected chi connectivity index (χ2v) is 3.03. The summed E-state index contributed by atoms with van der Waals surface area (Å²) < 4.78 is 4.93. The fraction of sp³-hybridized carbons (Fsp3) is 0.857. The molecule has 4 heteroatoms. The number of carbonyl (C=O) groups is 1. The highest BCUT2D eigenvalue weighted by Crippen LogP contribution is 2.05. The van der Waals surface area contributed by atoms with Gasteiger partial charge in [-0.15, -0.1) is 0 Å². The molecule has 4 N–H and O–H groups in total. The zero-order valence-corrected chi connectivity index (χ0v) is 7.73. The van der Waals surface area contributed by atoms with Crippen LogP contribution in [0.5, 0.6) is 0 Å². The third kappa shape index (κ3) is 9.23. The van der Waals surface area contributed by atoms with Crippen molar-refractivity contribution >= 4 is 6.09 Å². The molecule has 0 rings (SSSR count). The van der Waals surface area contributed by atoms with E-state index in [2.05, 4.69) is 5.32 Å². The van der Waals surface area contributed by atoms with Gasteiger partial charge in [-0.25, -0.2) is 4.79 Å². The second-order valence-electron chi connectivity index (χ2n) is 3.03. The van der Waals surface area contributed by atoms with Crippen LogP contribution in [0.15, 0.2) is 0 Å². The zero-order valence-electron chi connectivity index (χ0n) is 7.73. The van der Waals surface area contributed by atoms with Gasteiger partial charge < -0.3 is 16.2 Å². The quantitative estimate of drug-likeness (QED) is 0.616. The van der Waals surface area contributed by atoms with Crippen molar-refractivity contribution < 1.29 is 9.53 Å². The van der Waals surface area contributed by atoms with Gasteiger partial charge in [0, 0.05) is 6.54 Å². The van der Waals surface area contributed by atoms with E-state index in [1.807, 2.05) is 27.7 Å². The normalized spacial score (nSPS) is 9.82. The van der Waals surface area contributed by atoms with Crippen molar-refractivity contribution in [1.29, 1.82) is 0 Å². The Hall–Kier alpha value is -0.770. The van der Waals surface area contributed by atoms with E-state index in [1.54, 1.807) is 0 Å². The number of hydrogen-bond donors (Lipinski definition) is 2. The van der Waals surface area contributed by atoms with Gasteiger partial charge in [-0.2, -0.15) is 0 Å². The van der Waals surface area contributed by atoms with Crippen molar-refractivity contribution in [3.63, 3.8) is 0 Å². The molecule has 0 atom stereocenters. The van der Waals surface area contributed by atoms with Crippen LogP contribution in [0, 0.1) is 0 Å². The van der Waals surface area contributed by atoms with Crippen LogP contribution in [0.25, 0.3) is 0 Å². The molecule has 0 aliphatic carbocycles. The lowest BCUT2D eigenvalue weighted by molar-refractivity contribution is 0.0531. The number of ether oxygens (including phenoxy) is 1. The molecular formula is C7H18N2O2. The summed E-state index contributed by atoms with van der Waals surface area (Å²) >= 11 is 0. The highest BCUT2D eigenvalue weighted by Gasteiger charge is 2.14. The Kier molecular flexibility index (Phi) is 5.80. The van der Waals surface area contributed by atoms with Crippen LogP contribution < -0.4 is 11.5 Å². The van der Waals surface area contributed by atoms with Gasteiger partial charge >= 0.3 is 6.09 Å². The van der Waals surface area contributed by atoms with E-state index in [-0.39, 0.29) is 17.8 Å². The summed E-state index contributed by atoms with van der Waals surface area (Å²) in [5, 5.41) is 2.54. The number of hydrogen-bond acceptors (Lipinski definition) is 3. The summed E-state index contributed by atoms with van der Waals surface area (Å²) in [7, 11) is 0. The molecule has 0 spiro atoms. The Labute approximate surface area is 67.9 Å². The molecule has 0 aromatic rings. The maximum absolute atomic E-state index is 10.7. The number of amides is 1. The van der Waals surface area contributed by atoms with Crippen molar-refractivity contribution in [2.75, 3.05) is 6.54 Å².